The largest absolute Gasteiger partial charge is 0.477 e. The van der Waals surface area contributed by atoms with E-state index in [9.17, 15) is 4.79 Å². The number of carboxylic acids is 1. The molecular weight excluding hydrogens is 166 g/mol. The molecule has 0 aliphatic rings. The summed E-state index contributed by atoms with van der Waals surface area (Å²) in [6, 6.07) is 1.68. The maximum absolute atomic E-state index is 10.6. The van der Waals surface area contributed by atoms with Crippen LogP contribution in [0.4, 0.5) is 0 Å². The number of carboxylic acid groups (broad SMARTS) is 1. The molecule has 3 nitrogen and oxygen atoms in total. The number of carbonyl (C=O) groups is 1. The van der Waals surface area contributed by atoms with Gasteiger partial charge in [-0.3, -0.25) is 0 Å². The van der Waals surface area contributed by atoms with Gasteiger partial charge >= 0.3 is 5.97 Å². The third-order valence-corrected chi connectivity index (χ3v) is 1.88. The molecule has 0 bridgehead atoms. The Hall–Kier alpha value is -1.51. The maximum Gasteiger partial charge on any atom is 0.352 e. The van der Waals surface area contributed by atoms with Crippen LogP contribution in [0.5, 0.6) is 0 Å². The monoisotopic (exact) mass is 179 g/mol. The first-order valence-corrected chi connectivity index (χ1v) is 4.27. The molecule has 1 rings (SSSR count). The summed E-state index contributed by atoms with van der Waals surface area (Å²) in [4.78, 5) is 13.5. The zero-order valence-corrected chi connectivity index (χ0v) is 7.79. The van der Waals surface area contributed by atoms with Crippen molar-refractivity contribution < 1.29 is 9.90 Å². The molecule has 70 valence electrons. The fraction of sp³-hybridized carbons (Fsp3) is 0.300. The van der Waals surface area contributed by atoms with Gasteiger partial charge in [-0.1, -0.05) is 13.0 Å². The van der Waals surface area contributed by atoms with E-state index in [1.165, 1.54) is 0 Å². The number of rotatable bonds is 3. The van der Waals surface area contributed by atoms with E-state index in [-0.39, 0.29) is 5.69 Å². The lowest BCUT2D eigenvalue weighted by atomic mass is 10.2. The molecule has 3 heteroatoms. The van der Waals surface area contributed by atoms with E-state index in [0.29, 0.717) is 0 Å². The Balaban J connectivity index is 3.11. The molecule has 0 aliphatic heterocycles. The van der Waals surface area contributed by atoms with E-state index in [1.54, 1.807) is 6.07 Å². The molecule has 1 aromatic heterocycles. The molecule has 0 spiro atoms. The van der Waals surface area contributed by atoms with Crippen molar-refractivity contribution >= 4 is 12.0 Å². The molecule has 0 aliphatic carbocycles. The normalized spacial score (nSPS) is 10.9. The molecule has 0 saturated heterocycles. The fourth-order valence-electron chi connectivity index (χ4n) is 1.24. The molecule has 0 amide bonds. The van der Waals surface area contributed by atoms with Gasteiger partial charge in [0, 0.05) is 5.69 Å². The number of H-pyrrole nitrogens is 1. The van der Waals surface area contributed by atoms with Crippen molar-refractivity contribution in [2.24, 2.45) is 0 Å². The molecule has 0 aromatic carbocycles. The average molecular weight is 179 g/mol. The van der Waals surface area contributed by atoms with E-state index in [2.05, 4.69) is 4.98 Å². The van der Waals surface area contributed by atoms with Crippen molar-refractivity contribution in [2.45, 2.75) is 20.3 Å². The zero-order valence-electron chi connectivity index (χ0n) is 7.79. The Labute approximate surface area is 77.1 Å². The minimum Gasteiger partial charge on any atom is -0.477 e. The van der Waals surface area contributed by atoms with Crippen molar-refractivity contribution in [3.8, 4) is 0 Å². The van der Waals surface area contributed by atoms with E-state index < -0.39 is 5.97 Å². The first kappa shape index (κ1) is 9.58. The van der Waals surface area contributed by atoms with Crippen LogP contribution in [0, 0.1) is 0 Å². The summed E-state index contributed by atoms with van der Waals surface area (Å²) >= 11 is 0. The van der Waals surface area contributed by atoms with E-state index >= 15 is 0 Å². The maximum atomic E-state index is 10.6. The number of hydrogen-bond donors (Lipinski definition) is 2. The van der Waals surface area contributed by atoms with Crippen LogP contribution >= 0.6 is 0 Å². The summed E-state index contributed by atoms with van der Waals surface area (Å²) in [6.07, 6.45) is 4.60. The SMILES string of the molecule is C/C=C\c1[nH]c(C(=O)O)cc1CC. The van der Waals surface area contributed by atoms with Gasteiger partial charge < -0.3 is 10.1 Å². The number of aryl methyl sites for hydroxylation is 1. The first-order valence-electron chi connectivity index (χ1n) is 4.27. The molecule has 2 N–H and O–H groups in total. The summed E-state index contributed by atoms with van der Waals surface area (Å²) in [5.74, 6) is -0.912. The molecular formula is C10H13NO2. The van der Waals surface area contributed by atoms with Gasteiger partial charge in [0.05, 0.1) is 0 Å². The third-order valence-electron chi connectivity index (χ3n) is 1.88. The minimum atomic E-state index is -0.912. The quantitative estimate of drug-likeness (QED) is 0.748. The molecule has 1 heterocycles. The average Bonchev–Trinajstić information content (AvgIpc) is 2.48. The number of allylic oxidation sites excluding steroid dienone is 1. The van der Waals surface area contributed by atoms with Gasteiger partial charge in [-0.2, -0.15) is 0 Å². The summed E-state index contributed by atoms with van der Waals surface area (Å²) in [7, 11) is 0. The van der Waals surface area contributed by atoms with Crippen molar-refractivity contribution in [3.63, 3.8) is 0 Å². The van der Waals surface area contributed by atoms with Crippen LogP contribution in [-0.4, -0.2) is 16.1 Å². The minimum absolute atomic E-state index is 0.255. The first-order chi connectivity index (χ1) is 6.19. The lowest BCUT2D eigenvalue weighted by molar-refractivity contribution is 0.0691. The summed E-state index contributed by atoms with van der Waals surface area (Å²) in [5.41, 5.74) is 2.18. The Morgan fingerprint density at radius 1 is 1.69 bits per heavy atom. The van der Waals surface area contributed by atoms with Crippen molar-refractivity contribution in [1.82, 2.24) is 4.98 Å². The molecule has 1 aromatic rings. The van der Waals surface area contributed by atoms with E-state index in [0.717, 1.165) is 17.7 Å². The highest BCUT2D eigenvalue weighted by molar-refractivity contribution is 5.86. The van der Waals surface area contributed by atoms with Gasteiger partial charge in [0.2, 0.25) is 0 Å². The zero-order chi connectivity index (χ0) is 9.84. The molecule has 0 saturated carbocycles. The number of aromatic carboxylic acids is 1. The van der Waals surface area contributed by atoms with Crippen LogP contribution in [0.25, 0.3) is 6.08 Å². The number of aromatic nitrogens is 1. The Morgan fingerprint density at radius 3 is 2.85 bits per heavy atom. The molecule has 13 heavy (non-hydrogen) atoms. The topological polar surface area (TPSA) is 53.1 Å². The highest BCUT2D eigenvalue weighted by Gasteiger charge is 2.08. The van der Waals surface area contributed by atoms with Crippen LogP contribution in [0.2, 0.25) is 0 Å². The summed E-state index contributed by atoms with van der Waals surface area (Å²) in [6.45, 7) is 3.91. The van der Waals surface area contributed by atoms with Crippen molar-refractivity contribution in [2.75, 3.05) is 0 Å². The van der Waals surface area contributed by atoms with Gasteiger partial charge in [0.15, 0.2) is 0 Å². The summed E-state index contributed by atoms with van der Waals surface area (Å²) < 4.78 is 0. The number of aromatic amines is 1. The lowest BCUT2D eigenvalue weighted by Gasteiger charge is -1.91. The number of hydrogen-bond acceptors (Lipinski definition) is 1. The summed E-state index contributed by atoms with van der Waals surface area (Å²) in [5, 5.41) is 8.73. The van der Waals surface area contributed by atoms with Gasteiger partial charge in [-0.15, -0.1) is 0 Å². The Morgan fingerprint density at radius 2 is 2.38 bits per heavy atom. The highest BCUT2D eigenvalue weighted by Crippen LogP contribution is 2.13. The Kier molecular flexibility index (Phi) is 2.90. The predicted molar refractivity (Wildman–Crippen MR) is 51.8 cm³/mol. The van der Waals surface area contributed by atoms with Crippen LogP contribution < -0.4 is 0 Å². The Bertz CT molecular complexity index is 337. The van der Waals surface area contributed by atoms with Crippen LogP contribution in [0.15, 0.2) is 12.1 Å². The van der Waals surface area contributed by atoms with Crippen LogP contribution in [-0.2, 0) is 6.42 Å². The van der Waals surface area contributed by atoms with Gasteiger partial charge in [0.25, 0.3) is 0 Å². The molecule has 0 fully saturated rings. The van der Waals surface area contributed by atoms with E-state index in [1.807, 2.05) is 26.0 Å². The molecule has 0 radical (unpaired) electrons. The van der Waals surface area contributed by atoms with Crippen LogP contribution in [0.1, 0.15) is 35.6 Å². The molecule has 0 atom stereocenters. The van der Waals surface area contributed by atoms with Crippen molar-refractivity contribution in [3.05, 3.63) is 29.1 Å². The molecule has 0 unspecified atom stereocenters. The number of nitrogens with one attached hydrogen (secondary N) is 1. The standard InChI is InChI=1S/C10H13NO2/c1-3-5-8-7(4-2)6-9(11-8)10(12)13/h3,5-6,11H,4H2,1-2H3,(H,12,13)/b5-3-. The second kappa shape index (κ2) is 3.94. The third kappa shape index (κ3) is 1.99. The van der Waals surface area contributed by atoms with Gasteiger partial charge in [0.1, 0.15) is 5.69 Å². The van der Waals surface area contributed by atoms with Crippen molar-refractivity contribution in [1.29, 1.82) is 0 Å². The smallest absolute Gasteiger partial charge is 0.352 e. The second-order valence-electron chi connectivity index (χ2n) is 2.78. The van der Waals surface area contributed by atoms with Gasteiger partial charge in [-0.05, 0) is 31.1 Å². The van der Waals surface area contributed by atoms with E-state index in [4.69, 9.17) is 5.11 Å². The highest BCUT2D eigenvalue weighted by atomic mass is 16.4. The second-order valence-corrected chi connectivity index (χ2v) is 2.78. The lowest BCUT2D eigenvalue weighted by Crippen LogP contribution is -1.95. The fourth-order valence-corrected chi connectivity index (χ4v) is 1.24. The van der Waals surface area contributed by atoms with Crippen LogP contribution in [0.3, 0.4) is 0 Å². The predicted octanol–water partition coefficient (Wildman–Crippen LogP) is 2.31. The van der Waals surface area contributed by atoms with Gasteiger partial charge in [-0.25, -0.2) is 4.79 Å².